The summed E-state index contributed by atoms with van der Waals surface area (Å²) in [6.07, 6.45) is 0. The molecule has 0 saturated carbocycles. The smallest absolute Gasteiger partial charge is 0.265 e. The van der Waals surface area contributed by atoms with Crippen LogP contribution in [0.1, 0.15) is 16.6 Å². The number of rotatable bonds is 4. The van der Waals surface area contributed by atoms with Crippen LogP contribution >= 0.6 is 27.3 Å². The molecule has 0 aliphatic heterocycles. The molecule has 0 saturated heterocycles. The summed E-state index contributed by atoms with van der Waals surface area (Å²) in [5.74, 6) is -0.324. The van der Waals surface area contributed by atoms with E-state index in [1.165, 1.54) is 29.5 Å². The molecule has 19 heavy (non-hydrogen) atoms. The van der Waals surface area contributed by atoms with Crippen LogP contribution in [0.15, 0.2) is 34.1 Å². The van der Waals surface area contributed by atoms with Crippen molar-refractivity contribution >= 4 is 38.9 Å². The minimum atomic E-state index is -0.402. The number of hydrogen-bond acceptors (Lipinski definition) is 3. The number of ether oxygens (including phenoxy) is 1. The number of halogens is 2. The number of hydrogen-bond donors (Lipinski definition) is 1. The normalized spacial score (nSPS) is 10.3. The van der Waals surface area contributed by atoms with Crippen molar-refractivity contribution in [1.82, 2.24) is 0 Å². The van der Waals surface area contributed by atoms with E-state index in [9.17, 15) is 9.18 Å². The lowest BCUT2D eigenvalue weighted by molar-refractivity contribution is 0.103. The van der Waals surface area contributed by atoms with Gasteiger partial charge < -0.3 is 10.1 Å². The SMILES string of the molecule is CCOc1cc(F)ccc1NC(=O)c1ccc(Br)s1. The molecule has 2 aromatic rings. The quantitative estimate of drug-likeness (QED) is 0.898. The molecule has 0 fully saturated rings. The Balaban J connectivity index is 2.20. The molecule has 100 valence electrons. The minimum absolute atomic E-state index is 0.247. The van der Waals surface area contributed by atoms with Gasteiger partial charge in [-0.15, -0.1) is 11.3 Å². The summed E-state index contributed by atoms with van der Waals surface area (Å²) in [4.78, 5) is 12.6. The fraction of sp³-hybridized carbons (Fsp3) is 0.154. The number of carbonyl (C=O) groups excluding carboxylic acids is 1. The summed E-state index contributed by atoms with van der Waals surface area (Å²) in [6.45, 7) is 2.20. The summed E-state index contributed by atoms with van der Waals surface area (Å²) in [6, 6.07) is 7.54. The van der Waals surface area contributed by atoms with Crippen LogP contribution in [-0.2, 0) is 0 Å². The molecule has 0 aliphatic rings. The van der Waals surface area contributed by atoms with Crippen molar-refractivity contribution in [3.05, 3.63) is 44.8 Å². The van der Waals surface area contributed by atoms with Crippen LogP contribution in [0.25, 0.3) is 0 Å². The Kier molecular flexibility index (Phi) is 4.55. The maximum atomic E-state index is 13.1. The Morgan fingerprint density at radius 2 is 2.21 bits per heavy atom. The van der Waals surface area contributed by atoms with Gasteiger partial charge in [0, 0.05) is 6.07 Å². The molecule has 1 N–H and O–H groups in total. The van der Waals surface area contributed by atoms with Crippen molar-refractivity contribution in [3.8, 4) is 5.75 Å². The second-order valence-electron chi connectivity index (χ2n) is 3.63. The highest BCUT2D eigenvalue weighted by atomic mass is 79.9. The molecule has 0 aliphatic carbocycles. The molecule has 2 rings (SSSR count). The van der Waals surface area contributed by atoms with Gasteiger partial charge in [-0.2, -0.15) is 0 Å². The predicted molar refractivity (Wildman–Crippen MR) is 77.5 cm³/mol. The van der Waals surface area contributed by atoms with Crippen molar-refractivity contribution in [2.45, 2.75) is 6.92 Å². The number of benzene rings is 1. The molecule has 1 aromatic heterocycles. The van der Waals surface area contributed by atoms with Crippen molar-refractivity contribution in [3.63, 3.8) is 0 Å². The molecule has 1 amide bonds. The molecular weight excluding hydrogens is 333 g/mol. The van der Waals surface area contributed by atoms with Crippen LogP contribution in [0, 0.1) is 5.82 Å². The van der Waals surface area contributed by atoms with Gasteiger partial charge in [-0.1, -0.05) is 0 Å². The van der Waals surface area contributed by atoms with Crippen LogP contribution in [-0.4, -0.2) is 12.5 Å². The van der Waals surface area contributed by atoms with E-state index < -0.39 is 5.82 Å². The van der Waals surface area contributed by atoms with Crippen molar-refractivity contribution < 1.29 is 13.9 Å². The van der Waals surface area contributed by atoms with E-state index >= 15 is 0 Å². The van der Waals surface area contributed by atoms with E-state index in [1.807, 2.05) is 0 Å². The summed E-state index contributed by atoms with van der Waals surface area (Å²) < 4.78 is 19.3. The number of thiophene rings is 1. The van der Waals surface area contributed by atoms with Gasteiger partial charge in [-0.25, -0.2) is 4.39 Å². The monoisotopic (exact) mass is 343 g/mol. The van der Waals surface area contributed by atoms with Crippen LogP contribution in [0.3, 0.4) is 0 Å². The second-order valence-corrected chi connectivity index (χ2v) is 6.09. The summed E-state index contributed by atoms with van der Waals surface area (Å²) in [5, 5.41) is 2.71. The third-order valence-electron chi connectivity index (χ3n) is 2.29. The Hall–Kier alpha value is -1.40. The first-order valence-electron chi connectivity index (χ1n) is 5.59. The molecule has 0 radical (unpaired) electrons. The van der Waals surface area contributed by atoms with E-state index in [4.69, 9.17) is 4.74 Å². The van der Waals surface area contributed by atoms with Gasteiger partial charge in [0.2, 0.25) is 0 Å². The Morgan fingerprint density at radius 1 is 1.42 bits per heavy atom. The van der Waals surface area contributed by atoms with E-state index in [-0.39, 0.29) is 5.91 Å². The first kappa shape index (κ1) is 14.0. The summed E-state index contributed by atoms with van der Waals surface area (Å²) >= 11 is 4.63. The molecule has 1 aromatic carbocycles. The lowest BCUT2D eigenvalue weighted by Crippen LogP contribution is -2.11. The zero-order valence-electron chi connectivity index (χ0n) is 10.1. The van der Waals surface area contributed by atoms with Crippen LogP contribution in [0.4, 0.5) is 10.1 Å². The molecule has 1 heterocycles. The molecule has 0 spiro atoms. The minimum Gasteiger partial charge on any atom is -0.492 e. The van der Waals surface area contributed by atoms with Crippen LogP contribution in [0.2, 0.25) is 0 Å². The van der Waals surface area contributed by atoms with E-state index in [0.717, 1.165) is 3.79 Å². The van der Waals surface area contributed by atoms with Gasteiger partial charge in [-0.05, 0) is 47.1 Å². The third kappa shape index (κ3) is 3.54. The fourth-order valence-electron chi connectivity index (χ4n) is 1.49. The average molecular weight is 344 g/mol. The number of carbonyl (C=O) groups is 1. The Labute approximate surface area is 122 Å². The first-order valence-corrected chi connectivity index (χ1v) is 7.20. The molecule has 0 atom stereocenters. The van der Waals surface area contributed by atoms with Gasteiger partial charge in [0.15, 0.2) is 0 Å². The zero-order chi connectivity index (χ0) is 13.8. The van der Waals surface area contributed by atoms with Crippen molar-refractivity contribution in [1.29, 1.82) is 0 Å². The maximum absolute atomic E-state index is 13.1. The highest BCUT2D eigenvalue weighted by Crippen LogP contribution is 2.28. The Morgan fingerprint density at radius 3 is 2.84 bits per heavy atom. The average Bonchev–Trinajstić information content (AvgIpc) is 2.80. The maximum Gasteiger partial charge on any atom is 0.265 e. The van der Waals surface area contributed by atoms with Gasteiger partial charge in [0.25, 0.3) is 5.91 Å². The van der Waals surface area contributed by atoms with Crippen LogP contribution < -0.4 is 10.1 Å². The lowest BCUT2D eigenvalue weighted by atomic mass is 10.2. The van der Waals surface area contributed by atoms with Gasteiger partial charge in [-0.3, -0.25) is 4.79 Å². The molecule has 6 heteroatoms. The summed E-state index contributed by atoms with van der Waals surface area (Å²) in [7, 11) is 0. The number of amides is 1. The highest BCUT2D eigenvalue weighted by Gasteiger charge is 2.12. The number of anilines is 1. The van der Waals surface area contributed by atoms with Crippen molar-refractivity contribution in [2.75, 3.05) is 11.9 Å². The van der Waals surface area contributed by atoms with Gasteiger partial charge in [0.05, 0.1) is 21.0 Å². The van der Waals surface area contributed by atoms with Gasteiger partial charge in [0.1, 0.15) is 11.6 Å². The van der Waals surface area contributed by atoms with Crippen LogP contribution in [0.5, 0.6) is 5.75 Å². The Bertz CT molecular complexity index is 600. The fourth-order valence-corrected chi connectivity index (χ4v) is 2.78. The highest BCUT2D eigenvalue weighted by molar-refractivity contribution is 9.11. The first-order chi connectivity index (χ1) is 9.10. The molecule has 3 nitrogen and oxygen atoms in total. The third-order valence-corrected chi connectivity index (χ3v) is 3.91. The second kappa shape index (κ2) is 6.16. The summed E-state index contributed by atoms with van der Waals surface area (Å²) in [5.41, 5.74) is 0.456. The largest absolute Gasteiger partial charge is 0.492 e. The molecular formula is C13H11BrFNO2S. The molecule has 0 unspecified atom stereocenters. The predicted octanol–water partition coefficient (Wildman–Crippen LogP) is 4.30. The van der Waals surface area contributed by atoms with E-state index in [1.54, 1.807) is 19.1 Å². The number of nitrogens with one attached hydrogen (secondary N) is 1. The van der Waals surface area contributed by atoms with Crippen molar-refractivity contribution in [2.24, 2.45) is 0 Å². The standard InChI is InChI=1S/C13H11BrFNO2S/c1-2-18-10-7-8(15)3-4-9(10)16-13(17)11-5-6-12(14)19-11/h3-7H,2H2,1H3,(H,16,17). The van der Waals surface area contributed by atoms with E-state index in [0.29, 0.717) is 22.9 Å². The zero-order valence-corrected chi connectivity index (χ0v) is 12.5. The van der Waals surface area contributed by atoms with Gasteiger partial charge >= 0.3 is 0 Å². The molecule has 0 bridgehead atoms. The topological polar surface area (TPSA) is 38.3 Å². The van der Waals surface area contributed by atoms with E-state index in [2.05, 4.69) is 21.2 Å². The lowest BCUT2D eigenvalue weighted by Gasteiger charge is -2.10.